The minimum atomic E-state index is 1.14. The van der Waals surface area contributed by atoms with Gasteiger partial charge in [0, 0.05) is 4.88 Å². The third-order valence-electron chi connectivity index (χ3n) is 1.16. The molecule has 0 aliphatic carbocycles. The van der Waals surface area contributed by atoms with E-state index >= 15 is 0 Å². The van der Waals surface area contributed by atoms with Gasteiger partial charge in [0.2, 0.25) is 0 Å². The molecular weight excluding hydrogens is 130 g/mol. The Morgan fingerprint density at radius 3 is 3.00 bits per heavy atom. The van der Waals surface area contributed by atoms with Crippen molar-refractivity contribution in [2.24, 2.45) is 5.73 Å². The third-order valence-corrected chi connectivity index (χ3v) is 2.17. The van der Waals surface area contributed by atoms with Crippen molar-refractivity contribution in [1.29, 1.82) is 0 Å². The van der Waals surface area contributed by atoms with Crippen molar-refractivity contribution < 1.29 is 0 Å². The summed E-state index contributed by atoms with van der Waals surface area (Å²) in [5.74, 6) is 0. The summed E-state index contributed by atoms with van der Waals surface area (Å²) in [5.41, 5.74) is 6.45. The highest BCUT2D eigenvalue weighted by atomic mass is 32.1. The van der Waals surface area contributed by atoms with Crippen molar-refractivity contribution >= 4 is 16.9 Å². The highest BCUT2D eigenvalue weighted by Gasteiger charge is 1.91. The van der Waals surface area contributed by atoms with Gasteiger partial charge < -0.3 is 5.73 Å². The Bertz CT molecular complexity index is 199. The Hall–Kier alpha value is -0.760. The van der Waals surface area contributed by atoms with Crippen molar-refractivity contribution in [3.05, 3.63) is 28.6 Å². The van der Waals surface area contributed by atoms with Crippen LogP contribution in [0.25, 0.3) is 5.57 Å². The van der Waals surface area contributed by atoms with Crippen LogP contribution < -0.4 is 5.73 Å². The van der Waals surface area contributed by atoms with Crippen LogP contribution in [0.2, 0.25) is 0 Å². The molecule has 0 unspecified atom stereocenters. The first-order valence-electron chi connectivity index (χ1n) is 2.77. The molecule has 0 aliphatic heterocycles. The molecule has 2 heteroatoms. The van der Waals surface area contributed by atoms with Gasteiger partial charge in [0.15, 0.2) is 0 Å². The number of rotatable bonds is 1. The van der Waals surface area contributed by atoms with E-state index in [0.29, 0.717) is 0 Å². The summed E-state index contributed by atoms with van der Waals surface area (Å²) in [4.78, 5) is 1.25. The smallest absolute Gasteiger partial charge is 0.0313 e. The molecule has 0 bridgehead atoms. The highest BCUT2D eigenvalue weighted by molar-refractivity contribution is 7.11. The maximum atomic E-state index is 5.31. The molecule has 0 spiro atoms. The van der Waals surface area contributed by atoms with E-state index in [0.717, 1.165) is 5.57 Å². The normalized spacial score (nSPS) is 11.9. The van der Waals surface area contributed by atoms with Gasteiger partial charge in [-0.05, 0) is 30.1 Å². The zero-order valence-electron chi connectivity index (χ0n) is 5.29. The lowest BCUT2D eigenvalue weighted by atomic mass is 10.3. The molecule has 48 valence electrons. The Labute approximate surface area is 58.8 Å². The molecule has 1 aromatic rings. The number of hydrogen-bond acceptors (Lipinski definition) is 2. The predicted molar refractivity (Wildman–Crippen MR) is 42.2 cm³/mol. The summed E-state index contributed by atoms with van der Waals surface area (Å²) in [7, 11) is 0. The maximum Gasteiger partial charge on any atom is 0.0313 e. The van der Waals surface area contributed by atoms with Crippen LogP contribution in [0.3, 0.4) is 0 Å². The molecule has 1 aromatic heterocycles. The van der Waals surface area contributed by atoms with Crippen molar-refractivity contribution in [3.8, 4) is 0 Å². The molecule has 0 atom stereocenters. The summed E-state index contributed by atoms with van der Waals surface area (Å²) in [5, 5.41) is 2.04. The van der Waals surface area contributed by atoms with Crippen molar-refractivity contribution in [1.82, 2.24) is 0 Å². The first-order valence-corrected chi connectivity index (χ1v) is 3.65. The number of allylic oxidation sites excluding steroid dienone is 1. The van der Waals surface area contributed by atoms with Gasteiger partial charge in [-0.3, -0.25) is 0 Å². The quantitative estimate of drug-likeness (QED) is 0.633. The topological polar surface area (TPSA) is 26.0 Å². The second kappa shape index (κ2) is 2.69. The van der Waals surface area contributed by atoms with E-state index in [-0.39, 0.29) is 0 Å². The fourth-order valence-electron chi connectivity index (χ4n) is 0.585. The zero-order valence-corrected chi connectivity index (χ0v) is 6.11. The molecular formula is C7H9NS. The SMILES string of the molecule is C/C(=C/N)c1cccs1. The van der Waals surface area contributed by atoms with Gasteiger partial charge in [-0.2, -0.15) is 0 Å². The van der Waals surface area contributed by atoms with Gasteiger partial charge >= 0.3 is 0 Å². The van der Waals surface area contributed by atoms with Crippen LogP contribution >= 0.6 is 11.3 Å². The van der Waals surface area contributed by atoms with Crippen LogP contribution in [0, 0.1) is 0 Å². The standard InChI is InChI=1S/C7H9NS/c1-6(5-8)7-3-2-4-9-7/h2-5H,8H2,1H3/b6-5-. The van der Waals surface area contributed by atoms with Gasteiger partial charge in [0.25, 0.3) is 0 Å². The average Bonchev–Trinajstić information content (AvgIpc) is 2.37. The minimum Gasteiger partial charge on any atom is -0.404 e. The van der Waals surface area contributed by atoms with Crippen LogP contribution in [0.4, 0.5) is 0 Å². The van der Waals surface area contributed by atoms with E-state index in [9.17, 15) is 0 Å². The van der Waals surface area contributed by atoms with Crippen molar-refractivity contribution in [2.75, 3.05) is 0 Å². The van der Waals surface area contributed by atoms with E-state index < -0.39 is 0 Å². The zero-order chi connectivity index (χ0) is 6.69. The Kier molecular flexibility index (Phi) is 1.90. The van der Waals surface area contributed by atoms with Gasteiger partial charge in [0.1, 0.15) is 0 Å². The lowest BCUT2D eigenvalue weighted by Crippen LogP contribution is -1.80. The molecule has 0 radical (unpaired) electrons. The molecule has 0 aliphatic rings. The first-order chi connectivity index (χ1) is 4.34. The van der Waals surface area contributed by atoms with Crippen molar-refractivity contribution in [3.63, 3.8) is 0 Å². The van der Waals surface area contributed by atoms with Crippen molar-refractivity contribution in [2.45, 2.75) is 6.92 Å². The monoisotopic (exact) mass is 139 g/mol. The summed E-state index contributed by atoms with van der Waals surface area (Å²) in [6.45, 7) is 2.01. The summed E-state index contributed by atoms with van der Waals surface area (Å²) in [6, 6.07) is 4.08. The van der Waals surface area contributed by atoms with E-state index in [1.165, 1.54) is 4.88 Å². The van der Waals surface area contributed by atoms with Crippen LogP contribution in [0.15, 0.2) is 23.7 Å². The lowest BCUT2D eigenvalue weighted by Gasteiger charge is -1.90. The number of nitrogens with two attached hydrogens (primary N) is 1. The number of thiophene rings is 1. The van der Waals surface area contributed by atoms with Gasteiger partial charge in [-0.1, -0.05) is 6.07 Å². The largest absolute Gasteiger partial charge is 0.404 e. The van der Waals surface area contributed by atoms with Crippen LogP contribution in [0.5, 0.6) is 0 Å². The Balaban J connectivity index is 2.90. The van der Waals surface area contributed by atoms with E-state index in [2.05, 4.69) is 6.07 Å². The molecule has 0 saturated carbocycles. The van der Waals surface area contributed by atoms with Crippen LogP contribution in [-0.2, 0) is 0 Å². The van der Waals surface area contributed by atoms with Gasteiger partial charge in [-0.25, -0.2) is 0 Å². The lowest BCUT2D eigenvalue weighted by molar-refractivity contribution is 1.56. The Morgan fingerprint density at radius 2 is 2.56 bits per heavy atom. The second-order valence-corrected chi connectivity index (χ2v) is 2.77. The van der Waals surface area contributed by atoms with Crippen LogP contribution in [0.1, 0.15) is 11.8 Å². The first kappa shape index (κ1) is 6.36. The Morgan fingerprint density at radius 1 is 1.78 bits per heavy atom. The van der Waals surface area contributed by atoms with E-state index in [4.69, 9.17) is 5.73 Å². The molecule has 0 fully saturated rings. The molecule has 9 heavy (non-hydrogen) atoms. The molecule has 0 saturated heterocycles. The van der Waals surface area contributed by atoms with E-state index in [1.807, 2.05) is 18.4 Å². The highest BCUT2D eigenvalue weighted by Crippen LogP contribution is 2.17. The van der Waals surface area contributed by atoms with E-state index in [1.54, 1.807) is 17.5 Å². The average molecular weight is 139 g/mol. The van der Waals surface area contributed by atoms with Gasteiger partial charge in [-0.15, -0.1) is 11.3 Å². The summed E-state index contributed by atoms with van der Waals surface area (Å²) >= 11 is 1.71. The predicted octanol–water partition coefficient (Wildman–Crippen LogP) is 2.07. The maximum absolute atomic E-state index is 5.31. The fourth-order valence-corrected chi connectivity index (χ4v) is 1.30. The molecule has 1 rings (SSSR count). The fraction of sp³-hybridized carbons (Fsp3) is 0.143. The molecule has 1 nitrogen and oxygen atoms in total. The second-order valence-electron chi connectivity index (χ2n) is 1.83. The molecule has 0 aromatic carbocycles. The minimum absolute atomic E-state index is 1.14. The number of hydrogen-bond donors (Lipinski definition) is 1. The summed E-state index contributed by atoms with van der Waals surface area (Å²) in [6.07, 6.45) is 1.63. The molecule has 2 N–H and O–H groups in total. The molecule has 0 amide bonds. The summed E-state index contributed by atoms with van der Waals surface area (Å²) < 4.78 is 0. The third kappa shape index (κ3) is 1.33. The van der Waals surface area contributed by atoms with Crippen LogP contribution in [-0.4, -0.2) is 0 Å². The van der Waals surface area contributed by atoms with Gasteiger partial charge in [0.05, 0.1) is 0 Å². The molecule has 1 heterocycles.